The van der Waals surface area contributed by atoms with Crippen LogP contribution in [0.25, 0.3) is 0 Å². The van der Waals surface area contributed by atoms with Crippen molar-refractivity contribution in [2.75, 3.05) is 6.73 Å². The first-order valence-corrected chi connectivity index (χ1v) is 3.25. The molecule has 0 heterocycles. The second-order valence-electron chi connectivity index (χ2n) is 2.40. The topological polar surface area (TPSA) is 32.6 Å². The molecule has 1 N–H and O–H groups in total. The Morgan fingerprint density at radius 1 is 1.42 bits per heavy atom. The number of hydrogen-bond donors (Lipinski definition) is 1. The number of aliphatic imine (C=N–C) groups is 1. The number of rotatable bonds is 2. The van der Waals surface area contributed by atoms with Gasteiger partial charge in [-0.25, -0.2) is 0 Å². The summed E-state index contributed by atoms with van der Waals surface area (Å²) < 4.78 is 35.9. The van der Waals surface area contributed by atoms with E-state index in [-0.39, 0.29) is 0 Å². The van der Waals surface area contributed by atoms with E-state index in [0.717, 1.165) is 6.08 Å². The van der Waals surface area contributed by atoms with Crippen LogP contribution < -0.4 is 0 Å². The van der Waals surface area contributed by atoms with Crippen LogP contribution in [0.5, 0.6) is 0 Å². The van der Waals surface area contributed by atoms with Crippen molar-refractivity contribution in [2.24, 2.45) is 4.99 Å². The van der Waals surface area contributed by atoms with Gasteiger partial charge in [0.15, 0.2) is 0 Å². The average Bonchev–Trinajstić information content (AvgIpc) is 1.83. The molecular weight excluding hydrogens is 171 g/mol. The van der Waals surface area contributed by atoms with Crippen molar-refractivity contribution in [3.05, 3.63) is 11.6 Å². The molecule has 12 heavy (non-hydrogen) atoms. The van der Waals surface area contributed by atoms with Crippen LogP contribution >= 0.6 is 0 Å². The summed E-state index contributed by atoms with van der Waals surface area (Å²) in [5, 5.41) is 8.20. The van der Waals surface area contributed by atoms with Gasteiger partial charge in [0.25, 0.3) is 0 Å². The second kappa shape index (κ2) is 4.25. The zero-order chi connectivity index (χ0) is 9.78. The number of nitrogens with zero attached hydrogens (tertiary/aromatic N) is 1. The van der Waals surface area contributed by atoms with E-state index in [0.29, 0.717) is 5.57 Å². The smallest absolute Gasteiger partial charge is 0.375 e. The maximum Gasteiger partial charge on any atom is 0.433 e. The van der Waals surface area contributed by atoms with Crippen molar-refractivity contribution in [1.82, 2.24) is 0 Å². The maximum atomic E-state index is 12.0. The zero-order valence-corrected chi connectivity index (χ0v) is 6.81. The van der Waals surface area contributed by atoms with Gasteiger partial charge < -0.3 is 5.11 Å². The molecule has 0 aliphatic carbocycles. The highest BCUT2D eigenvalue weighted by molar-refractivity contribution is 5.99. The third-order valence-electron chi connectivity index (χ3n) is 0.957. The van der Waals surface area contributed by atoms with Gasteiger partial charge in [0.2, 0.25) is 0 Å². The summed E-state index contributed by atoms with van der Waals surface area (Å²) in [6, 6.07) is 0. The van der Waals surface area contributed by atoms with E-state index in [2.05, 4.69) is 4.99 Å². The van der Waals surface area contributed by atoms with E-state index in [9.17, 15) is 13.2 Å². The monoisotopic (exact) mass is 181 g/mol. The molecule has 0 amide bonds. The van der Waals surface area contributed by atoms with Crippen LogP contribution in [0.15, 0.2) is 16.6 Å². The van der Waals surface area contributed by atoms with Crippen molar-refractivity contribution in [1.29, 1.82) is 0 Å². The fraction of sp³-hybridized carbons (Fsp3) is 0.571. The Bertz CT molecular complexity index is 201. The first kappa shape index (κ1) is 11.2. The molecule has 0 aromatic carbocycles. The highest BCUT2D eigenvalue weighted by atomic mass is 19.4. The van der Waals surface area contributed by atoms with Gasteiger partial charge in [-0.15, -0.1) is 0 Å². The Balaban J connectivity index is 4.70. The van der Waals surface area contributed by atoms with Crippen molar-refractivity contribution in [2.45, 2.75) is 20.0 Å². The summed E-state index contributed by atoms with van der Waals surface area (Å²) in [4.78, 5) is 2.91. The number of hydrogen-bond acceptors (Lipinski definition) is 2. The van der Waals surface area contributed by atoms with E-state index in [1.165, 1.54) is 13.8 Å². The average molecular weight is 181 g/mol. The molecule has 0 unspecified atom stereocenters. The highest BCUT2D eigenvalue weighted by Gasteiger charge is 2.33. The molecule has 70 valence electrons. The molecule has 0 aromatic heterocycles. The van der Waals surface area contributed by atoms with E-state index >= 15 is 0 Å². The lowest BCUT2D eigenvalue weighted by molar-refractivity contribution is -0.0582. The molecule has 0 spiro atoms. The van der Waals surface area contributed by atoms with Gasteiger partial charge in [-0.3, -0.25) is 4.99 Å². The summed E-state index contributed by atoms with van der Waals surface area (Å²) in [6.45, 7) is 2.20. The fourth-order valence-electron chi connectivity index (χ4n) is 0.567. The highest BCUT2D eigenvalue weighted by Crippen LogP contribution is 2.18. The van der Waals surface area contributed by atoms with E-state index < -0.39 is 18.6 Å². The molecule has 0 rings (SSSR count). The van der Waals surface area contributed by atoms with Crippen LogP contribution in [-0.4, -0.2) is 23.7 Å². The molecule has 0 radical (unpaired) electrons. The van der Waals surface area contributed by atoms with Crippen molar-refractivity contribution in [3.8, 4) is 0 Å². The fourth-order valence-corrected chi connectivity index (χ4v) is 0.567. The summed E-state index contributed by atoms with van der Waals surface area (Å²) in [6.07, 6.45) is -3.60. The minimum absolute atomic E-state index is 0.486. The van der Waals surface area contributed by atoms with Crippen LogP contribution in [0, 0.1) is 0 Å². The lowest BCUT2D eigenvalue weighted by Gasteiger charge is -2.05. The molecule has 0 bridgehead atoms. The normalized spacial score (nSPS) is 13.0. The van der Waals surface area contributed by atoms with Crippen molar-refractivity contribution < 1.29 is 18.3 Å². The Morgan fingerprint density at radius 2 is 1.92 bits per heavy atom. The molecule has 0 saturated heterocycles. The van der Waals surface area contributed by atoms with E-state index in [1.54, 1.807) is 0 Å². The van der Waals surface area contributed by atoms with Gasteiger partial charge >= 0.3 is 6.18 Å². The van der Waals surface area contributed by atoms with Gasteiger partial charge in [-0.1, -0.05) is 5.57 Å². The number of alkyl halides is 3. The summed E-state index contributed by atoms with van der Waals surface area (Å²) in [7, 11) is 0. The minimum atomic E-state index is -4.49. The van der Waals surface area contributed by atoms with Crippen LogP contribution in [0.2, 0.25) is 0 Å². The van der Waals surface area contributed by atoms with Crippen molar-refractivity contribution in [3.63, 3.8) is 0 Å². The van der Waals surface area contributed by atoms with Gasteiger partial charge in [-0.2, -0.15) is 13.2 Å². The van der Waals surface area contributed by atoms with Crippen LogP contribution in [0.4, 0.5) is 13.2 Å². The minimum Gasteiger partial charge on any atom is -0.375 e. The van der Waals surface area contributed by atoms with Gasteiger partial charge in [0.1, 0.15) is 12.4 Å². The largest absolute Gasteiger partial charge is 0.433 e. The van der Waals surface area contributed by atoms with Gasteiger partial charge in [-0.05, 0) is 19.9 Å². The first-order valence-electron chi connectivity index (χ1n) is 3.25. The van der Waals surface area contributed by atoms with E-state index in [4.69, 9.17) is 5.11 Å². The summed E-state index contributed by atoms with van der Waals surface area (Å²) in [5.41, 5.74) is -0.565. The standard InChI is InChI=1S/C7H10F3NO/c1-5(2)3-6(11-4-12)7(8,9)10/h3,12H,4H2,1-2H3. The predicted molar refractivity (Wildman–Crippen MR) is 40.0 cm³/mol. The molecule has 0 fully saturated rings. The lowest BCUT2D eigenvalue weighted by Crippen LogP contribution is -2.21. The maximum absolute atomic E-state index is 12.0. The number of allylic oxidation sites excluding steroid dienone is 2. The first-order chi connectivity index (χ1) is 5.38. The predicted octanol–water partition coefficient (Wildman–Crippen LogP) is 1.91. The Hall–Kier alpha value is -0.840. The number of aliphatic hydroxyl groups is 1. The molecule has 0 aliphatic heterocycles. The van der Waals surface area contributed by atoms with E-state index in [1.807, 2.05) is 0 Å². The van der Waals surface area contributed by atoms with Crippen LogP contribution in [0.1, 0.15) is 13.8 Å². The summed E-state index contributed by atoms with van der Waals surface area (Å²) in [5.74, 6) is 0. The Labute approximate surface area is 68.4 Å². The summed E-state index contributed by atoms with van der Waals surface area (Å²) >= 11 is 0. The van der Waals surface area contributed by atoms with Crippen molar-refractivity contribution >= 4 is 5.71 Å². The number of aliphatic hydroxyl groups excluding tert-OH is 1. The number of halogens is 3. The quantitative estimate of drug-likeness (QED) is 0.648. The van der Waals surface area contributed by atoms with Gasteiger partial charge in [0, 0.05) is 0 Å². The molecule has 2 nitrogen and oxygen atoms in total. The molecule has 5 heteroatoms. The van der Waals surface area contributed by atoms with Crippen LogP contribution in [-0.2, 0) is 0 Å². The second-order valence-corrected chi connectivity index (χ2v) is 2.40. The van der Waals surface area contributed by atoms with Crippen LogP contribution in [0.3, 0.4) is 0 Å². The molecular formula is C7H10F3NO. The lowest BCUT2D eigenvalue weighted by atomic mass is 10.2. The molecule has 0 aromatic rings. The van der Waals surface area contributed by atoms with Gasteiger partial charge in [0.05, 0.1) is 0 Å². The Kier molecular flexibility index (Phi) is 3.95. The third-order valence-corrected chi connectivity index (χ3v) is 0.957. The SMILES string of the molecule is CC(C)=CC(=NCO)C(F)(F)F. The molecule has 0 aliphatic rings. The molecule has 0 atom stereocenters. The Morgan fingerprint density at radius 3 is 2.17 bits per heavy atom. The zero-order valence-electron chi connectivity index (χ0n) is 6.81. The third kappa shape index (κ3) is 4.12. The molecule has 0 saturated carbocycles.